The number of hydrogen-bond acceptors (Lipinski definition) is 5. The molecule has 1 aromatic heterocycles. The Bertz CT molecular complexity index is 797. The molecule has 9 heteroatoms. The van der Waals surface area contributed by atoms with Gasteiger partial charge in [0.25, 0.3) is 0 Å². The van der Waals surface area contributed by atoms with Gasteiger partial charge in [-0.15, -0.1) is 10.2 Å². The molecule has 0 aliphatic carbocycles. The molecule has 2 aliphatic rings. The van der Waals surface area contributed by atoms with E-state index in [2.05, 4.69) is 63.7 Å². The molecule has 0 saturated carbocycles. The van der Waals surface area contributed by atoms with Crippen LogP contribution in [0.25, 0.3) is 11.3 Å². The number of carbonyl (C=O) groups is 1. The number of aromatic nitrogens is 2. The van der Waals surface area contributed by atoms with Crippen molar-refractivity contribution in [2.45, 2.75) is 13.1 Å². The number of alkyl halides is 3. The van der Waals surface area contributed by atoms with Crippen molar-refractivity contribution in [1.82, 2.24) is 15.5 Å². The highest BCUT2D eigenvalue weighted by Gasteiger charge is 2.38. The molecule has 2 atom stereocenters. The summed E-state index contributed by atoms with van der Waals surface area (Å²) in [5.41, 5.74) is 3.34. The Kier molecular flexibility index (Phi) is 5.83. The highest BCUT2D eigenvalue weighted by atomic mass is 19.4. The van der Waals surface area contributed by atoms with Gasteiger partial charge in [-0.1, -0.05) is 29.8 Å². The minimum atomic E-state index is -5.08. The molecule has 0 bridgehead atoms. The molecule has 0 spiro atoms. The van der Waals surface area contributed by atoms with Gasteiger partial charge in [0.15, 0.2) is 5.82 Å². The van der Waals surface area contributed by atoms with Crippen LogP contribution >= 0.6 is 0 Å². The van der Waals surface area contributed by atoms with Crippen molar-refractivity contribution >= 4 is 11.8 Å². The van der Waals surface area contributed by atoms with E-state index in [0.717, 1.165) is 55.1 Å². The van der Waals surface area contributed by atoms with Gasteiger partial charge in [-0.2, -0.15) is 13.2 Å². The third kappa shape index (κ3) is 4.78. The maximum absolute atomic E-state index is 10.6. The van der Waals surface area contributed by atoms with Crippen LogP contribution in [-0.2, 0) is 4.79 Å². The second-order valence-corrected chi connectivity index (χ2v) is 7.03. The lowest BCUT2D eigenvalue weighted by molar-refractivity contribution is -0.192. The number of aliphatic carboxylic acids is 1. The first-order valence-electron chi connectivity index (χ1n) is 8.90. The molecule has 2 fully saturated rings. The molecule has 28 heavy (non-hydrogen) atoms. The van der Waals surface area contributed by atoms with Crippen LogP contribution in [-0.4, -0.2) is 53.6 Å². The summed E-state index contributed by atoms with van der Waals surface area (Å²) in [6.45, 7) is 6.61. The van der Waals surface area contributed by atoms with E-state index in [1.54, 1.807) is 0 Å². The van der Waals surface area contributed by atoms with E-state index in [1.165, 1.54) is 5.56 Å². The van der Waals surface area contributed by atoms with E-state index < -0.39 is 12.1 Å². The molecule has 150 valence electrons. The van der Waals surface area contributed by atoms with Gasteiger partial charge in [-0.25, -0.2) is 4.79 Å². The minimum absolute atomic E-state index is 0.781. The quantitative estimate of drug-likeness (QED) is 0.816. The second-order valence-electron chi connectivity index (χ2n) is 7.03. The van der Waals surface area contributed by atoms with Gasteiger partial charge in [0, 0.05) is 31.7 Å². The predicted molar refractivity (Wildman–Crippen MR) is 98.0 cm³/mol. The number of carboxylic acid groups (broad SMARTS) is 1. The maximum Gasteiger partial charge on any atom is 0.490 e. The third-order valence-corrected chi connectivity index (χ3v) is 4.95. The Balaban J connectivity index is 0.000000279. The lowest BCUT2D eigenvalue weighted by Crippen LogP contribution is -2.26. The number of benzene rings is 1. The van der Waals surface area contributed by atoms with E-state index in [9.17, 15) is 13.2 Å². The monoisotopic (exact) mass is 394 g/mol. The number of anilines is 1. The van der Waals surface area contributed by atoms with Crippen LogP contribution in [0.15, 0.2) is 36.4 Å². The van der Waals surface area contributed by atoms with Crippen molar-refractivity contribution in [2.24, 2.45) is 11.8 Å². The van der Waals surface area contributed by atoms with Crippen molar-refractivity contribution in [1.29, 1.82) is 0 Å². The number of halogens is 3. The van der Waals surface area contributed by atoms with Crippen LogP contribution in [0.1, 0.15) is 5.56 Å². The Hall–Kier alpha value is -2.68. The van der Waals surface area contributed by atoms with E-state index in [-0.39, 0.29) is 0 Å². The summed E-state index contributed by atoms with van der Waals surface area (Å²) in [6, 6.07) is 12.6. The van der Waals surface area contributed by atoms with Crippen LogP contribution in [0.4, 0.5) is 19.0 Å². The zero-order valence-corrected chi connectivity index (χ0v) is 15.3. The number of fused-ring (bicyclic) bond motifs is 1. The van der Waals surface area contributed by atoms with Crippen LogP contribution in [0, 0.1) is 18.8 Å². The molecular formula is C19H21F3N4O2. The number of rotatable bonds is 2. The van der Waals surface area contributed by atoms with Crippen LogP contribution < -0.4 is 10.2 Å². The number of nitrogens with one attached hydrogen (secondary N) is 1. The first kappa shape index (κ1) is 20.1. The highest BCUT2D eigenvalue weighted by molar-refractivity contribution is 5.73. The predicted octanol–water partition coefficient (Wildman–Crippen LogP) is 2.74. The number of carboxylic acids is 1. The fraction of sp³-hybridized carbons (Fsp3) is 0.421. The molecule has 2 saturated heterocycles. The van der Waals surface area contributed by atoms with Gasteiger partial charge in [-0.3, -0.25) is 0 Å². The van der Waals surface area contributed by atoms with Gasteiger partial charge in [-0.05, 0) is 30.9 Å². The maximum atomic E-state index is 10.6. The van der Waals surface area contributed by atoms with E-state index >= 15 is 0 Å². The molecular weight excluding hydrogens is 373 g/mol. The normalized spacial score (nSPS) is 21.1. The summed E-state index contributed by atoms with van der Waals surface area (Å²) < 4.78 is 31.7. The second kappa shape index (κ2) is 8.14. The van der Waals surface area contributed by atoms with Crippen molar-refractivity contribution in [3.63, 3.8) is 0 Å². The largest absolute Gasteiger partial charge is 0.490 e. The Morgan fingerprint density at radius 2 is 1.64 bits per heavy atom. The average molecular weight is 394 g/mol. The number of nitrogens with zero attached hydrogens (tertiary/aromatic N) is 3. The van der Waals surface area contributed by atoms with E-state index in [4.69, 9.17) is 9.90 Å². The molecule has 0 amide bonds. The topological polar surface area (TPSA) is 78.3 Å². The smallest absolute Gasteiger partial charge is 0.475 e. The lowest BCUT2D eigenvalue weighted by Gasteiger charge is -2.17. The summed E-state index contributed by atoms with van der Waals surface area (Å²) in [7, 11) is 0. The fourth-order valence-corrected chi connectivity index (χ4v) is 3.41. The molecule has 2 aliphatic heterocycles. The molecule has 1 aromatic carbocycles. The van der Waals surface area contributed by atoms with Gasteiger partial charge < -0.3 is 15.3 Å². The zero-order valence-electron chi connectivity index (χ0n) is 15.3. The molecule has 2 N–H and O–H groups in total. The molecule has 4 rings (SSSR count). The summed E-state index contributed by atoms with van der Waals surface area (Å²) in [5, 5.41) is 19.4. The molecule has 2 unspecified atom stereocenters. The Morgan fingerprint density at radius 1 is 1.07 bits per heavy atom. The van der Waals surface area contributed by atoms with Crippen LogP contribution in [0.3, 0.4) is 0 Å². The first-order chi connectivity index (χ1) is 13.2. The Morgan fingerprint density at radius 3 is 2.11 bits per heavy atom. The van der Waals surface area contributed by atoms with E-state index in [1.807, 2.05) is 0 Å². The molecule has 0 radical (unpaired) electrons. The van der Waals surface area contributed by atoms with Gasteiger partial charge in [0.1, 0.15) is 0 Å². The third-order valence-electron chi connectivity index (χ3n) is 4.95. The summed E-state index contributed by atoms with van der Waals surface area (Å²) in [5.74, 6) is -0.181. The van der Waals surface area contributed by atoms with Crippen LogP contribution in [0.2, 0.25) is 0 Å². The SMILES string of the molecule is Cc1ccc(-c2ccc(N3CC4CNCC4C3)nn2)cc1.O=C(O)C(F)(F)F. The first-order valence-corrected chi connectivity index (χ1v) is 8.90. The van der Waals surface area contributed by atoms with Crippen LogP contribution in [0.5, 0.6) is 0 Å². The number of aryl methyl sites for hydroxylation is 1. The fourth-order valence-electron chi connectivity index (χ4n) is 3.41. The standard InChI is InChI=1S/C17H20N4.C2HF3O2/c1-12-2-4-13(5-3-12)16-6-7-17(20-19-16)21-10-14-8-18-9-15(14)11-21;3-2(4,5)1(6)7/h2-7,14-15,18H,8-11H2,1H3;(H,6,7). The van der Waals surface area contributed by atoms with Crippen molar-refractivity contribution < 1.29 is 23.1 Å². The molecule has 2 aromatic rings. The van der Waals surface area contributed by atoms with E-state index in [0.29, 0.717) is 0 Å². The number of hydrogen-bond donors (Lipinski definition) is 2. The zero-order chi connectivity index (χ0) is 20.3. The van der Waals surface area contributed by atoms with Crippen molar-refractivity contribution in [2.75, 3.05) is 31.1 Å². The molecule has 6 nitrogen and oxygen atoms in total. The van der Waals surface area contributed by atoms with Crippen molar-refractivity contribution in [3.05, 3.63) is 42.0 Å². The van der Waals surface area contributed by atoms with Crippen molar-refractivity contribution in [3.8, 4) is 11.3 Å². The average Bonchev–Trinajstić information content (AvgIpc) is 3.24. The highest BCUT2D eigenvalue weighted by Crippen LogP contribution is 2.29. The molecule has 3 heterocycles. The summed E-state index contributed by atoms with van der Waals surface area (Å²) in [6.07, 6.45) is -5.08. The van der Waals surface area contributed by atoms with Gasteiger partial charge in [0.05, 0.1) is 5.69 Å². The minimum Gasteiger partial charge on any atom is -0.475 e. The summed E-state index contributed by atoms with van der Waals surface area (Å²) in [4.78, 5) is 11.3. The summed E-state index contributed by atoms with van der Waals surface area (Å²) >= 11 is 0. The Labute approximate surface area is 160 Å². The van der Waals surface area contributed by atoms with Gasteiger partial charge in [0.2, 0.25) is 0 Å². The lowest BCUT2D eigenvalue weighted by atomic mass is 10.0. The van der Waals surface area contributed by atoms with Gasteiger partial charge >= 0.3 is 12.1 Å².